The molecule has 2 nitrogen and oxygen atoms in total. The summed E-state index contributed by atoms with van der Waals surface area (Å²) in [5.41, 5.74) is 6.19. The van der Waals surface area contributed by atoms with Crippen molar-refractivity contribution in [2.24, 2.45) is 5.73 Å². The number of hydrogen-bond donors (Lipinski definition) is 1. The molecular formula is C11H26N2. The minimum Gasteiger partial charge on any atom is -0.324 e. The van der Waals surface area contributed by atoms with E-state index in [4.69, 9.17) is 5.73 Å². The number of rotatable bonds is 7. The Morgan fingerprint density at radius 1 is 1.15 bits per heavy atom. The maximum atomic E-state index is 6.19. The van der Waals surface area contributed by atoms with Crippen LogP contribution < -0.4 is 5.73 Å². The van der Waals surface area contributed by atoms with Gasteiger partial charge in [0.05, 0.1) is 0 Å². The maximum absolute atomic E-state index is 6.19. The molecule has 1 unspecified atom stereocenters. The first kappa shape index (κ1) is 12.9. The van der Waals surface area contributed by atoms with E-state index in [1.165, 1.54) is 19.4 Å². The van der Waals surface area contributed by atoms with E-state index in [0.29, 0.717) is 0 Å². The smallest absolute Gasteiger partial charge is 0.0254 e. The van der Waals surface area contributed by atoms with Crippen molar-refractivity contribution in [3.05, 3.63) is 0 Å². The van der Waals surface area contributed by atoms with Crippen molar-refractivity contribution in [2.45, 2.75) is 52.5 Å². The Morgan fingerprint density at radius 2 is 1.77 bits per heavy atom. The normalized spacial score (nSPS) is 16.2. The van der Waals surface area contributed by atoms with Gasteiger partial charge in [-0.3, -0.25) is 0 Å². The van der Waals surface area contributed by atoms with Crippen molar-refractivity contribution in [3.8, 4) is 0 Å². The molecule has 0 amide bonds. The zero-order valence-electron chi connectivity index (χ0n) is 9.77. The third-order valence-electron chi connectivity index (χ3n) is 2.39. The number of nitrogens with zero attached hydrogens (tertiary/aromatic N) is 1. The summed E-state index contributed by atoms with van der Waals surface area (Å²) in [5.74, 6) is 0. The molecule has 80 valence electrons. The second-order valence-corrected chi connectivity index (χ2v) is 4.27. The fourth-order valence-electron chi connectivity index (χ4n) is 1.83. The molecule has 0 saturated carbocycles. The quantitative estimate of drug-likeness (QED) is 0.660. The van der Waals surface area contributed by atoms with Crippen LogP contribution in [0, 0.1) is 0 Å². The molecule has 0 aromatic carbocycles. The summed E-state index contributed by atoms with van der Waals surface area (Å²) in [7, 11) is 0. The van der Waals surface area contributed by atoms with E-state index in [9.17, 15) is 0 Å². The first-order chi connectivity index (χ1) is 6.05. The van der Waals surface area contributed by atoms with Crippen molar-refractivity contribution < 1.29 is 0 Å². The van der Waals surface area contributed by atoms with Gasteiger partial charge >= 0.3 is 0 Å². The van der Waals surface area contributed by atoms with Crippen molar-refractivity contribution in [2.75, 3.05) is 19.6 Å². The first-order valence-corrected chi connectivity index (χ1v) is 5.57. The lowest BCUT2D eigenvalue weighted by Crippen LogP contribution is -2.47. The monoisotopic (exact) mass is 186 g/mol. The van der Waals surface area contributed by atoms with E-state index >= 15 is 0 Å². The molecule has 0 aromatic heterocycles. The van der Waals surface area contributed by atoms with Gasteiger partial charge in [-0.05, 0) is 32.9 Å². The lowest BCUT2D eigenvalue weighted by atomic mass is 9.97. The van der Waals surface area contributed by atoms with Crippen molar-refractivity contribution in [3.63, 3.8) is 0 Å². The Labute approximate surface area is 83.5 Å². The zero-order chi connectivity index (χ0) is 10.3. The van der Waals surface area contributed by atoms with Crippen LogP contribution in [0.2, 0.25) is 0 Å². The SMILES string of the molecule is CCCN(CC)CC(C)(N)CCC. The second kappa shape index (κ2) is 6.39. The largest absolute Gasteiger partial charge is 0.324 e. The van der Waals surface area contributed by atoms with Gasteiger partial charge in [0.25, 0.3) is 0 Å². The second-order valence-electron chi connectivity index (χ2n) is 4.27. The average molecular weight is 186 g/mol. The third-order valence-corrected chi connectivity index (χ3v) is 2.39. The van der Waals surface area contributed by atoms with Gasteiger partial charge in [0.2, 0.25) is 0 Å². The molecule has 2 heteroatoms. The molecule has 13 heavy (non-hydrogen) atoms. The lowest BCUT2D eigenvalue weighted by molar-refractivity contribution is 0.218. The summed E-state index contributed by atoms with van der Waals surface area (Å²) in [5, 5.41) is 0. The highest BCUT2D eigenvalue weighted by Gasteiger charge is 2.19. The van der Waals surface area contributed by atoms with Gasteiger partial charge in [-0.15, -0.1) is 0 Å². The predicted octanol–water partition coefficient (Wildman–Crippen LogP) is 2.24. The molecule has 0 aliphatic rings. The predicted molar refractivity (Wildman–Crippen MR) is 59.9 cm³/mol. The average Bonchev–Trinajstić information content (AvgIpc) is 2.03. The van der Waals surface area contributed by atoms with E-state index in [1.807, 2.05) is 0 Å². The Kier molecular flexibility index (Phi) is 6.35. The molecule has 0 aliphatic heterocycles. The fraction of sp³-hybridized carbons (Fsp3) is 1.00. The molecule has 0 saturated heterocycles. The molecule has 0 heterocycles. The molecule has 1 atom stereocenters. The van der Waals surface area contributed by atoms with E-state index in [1.54, 1.807) is 0 Å². The zero-order valence-corrected chi connectivity index (χ0v) is 9.77. The van der Waals surface area contributed by atoms with Crippen molar-refractivity contribution in [1.82, 2.24) is 4.90 Å². The standard InChI is InChI=1S/C11H26N2/c1-5-8-11(4,12)10-13(7-3)9-6-2/h5-10,12H2,1-4H3. The molecule has 2 N–H and O–H groups in total. The van der Waals surface area contributed by atoms with Gasteiger partial charge in [0, 0.05) is 12.1 Å². The van der Waals surface area contributed by atoms with Crippen LogP contribution in [0.25, 0.3) is 0 Å². The topological polar surface area (TPSA) is 29.3 Å². The number of hydrogen-bond acceptors (Lipinski definition) is 2. The van der Waals surface area contributed by atoms with Crippen LogP contribution in [0.1, 0.15) is 47.0 Å². The highest BCUT2D eigenvalue weighted by molar-refractivity contribution is 4.81. The van der Waals surface area contributed by atoms with E-state index in [0.717, 1.165) is 19.5 Å². The summed E-state index contributed by atoms with van der Waals surface area (Å²) >= 11 is 0. The molecule has 0 bridgehead atoms. The van der Waals surface area contributed by atoms with Crippen LogP contribution in [0.15, 0.2) is 0 Å². The summed E-state index contributed by atoms with van der Waals surface area (Å²) < 4.78 is 0. The Hall–Kier alpha value is -0.0800. The van der Waals surface area contributed by atoms with Crippen LogP contribution in [0.3, 0.4) is 0 Å². The van der Waals surface area contributed by atoms with Gasteiger partial charge in [-0.2, -0.15) is 0 Å². The molecule has 0 fully saturated rings. The van der Waals surface area contributed by atoms with Gasteiger partial charge < -0.3 is 10.6 Å². The van der Waals surface area contributed by atoms with Gasteiger partial charge in [0.1, 0.15) is 0 Å². The molecule has 0 aromatic rings. The van der Waals surface area contributed by atoms with E-state index < -0.39 is 0 Å². The number of likely N-dealkylation sites (N-methyl/N-ethyl adjacent to an activating group) is 1. The highest BCUT2D eigenvalue weighted by Crippen LogP contribution is 2.10. The minimum atomic E-state index is -0.0000694. The molecular weight excluding hydrogens is 160 g/mol. The summed E-state index contributed by atoms with van der Waals surface area (Å²) in [6, 6.07) is 0. The van der Waals surface area contributed by atoms with Crippen molar-refractivity contribution in [1.29, 1.82) is 0 Å². The van der Waals surface area contributed by atoms with Crippen LogP contribution in [0.4, 0.5) is 0 Å². The Bertz CT molecular complexity index is 121. The Morgan fingerprint density at radius 3 is 2.15 bits per heavy atom. The van der Waals surface area contributed by atoms with Crippen LogP contribution in [-0.4, -0.2) is 30.1 Å². The summed E-state index contributed by atoms with van der Waals surface area (Å²) in [6.45, 7) is 12.1. The van der Waals surface area contributed by atoms with Crippen molar-refractivity contribution >= 4 is 0 Å². The number of nitrogens with two attached hydrogens (primary N) is 1. The van der Waals surface area contributed by atoms with E-state index in [2.05, 4.69) is 32.6 Å². The van der Waals surface area contributed by atoms with Crippen LogP contribution >= 0.6 is 0 Å². The summed E-state index contributed by atoms with van der Waals surface area (Å²) in [6.07, 6.45) is 3.51. The molecule has 0 aliphatic carbocycles. The lowest BCUT2D eigenvalue weighted by Gasteiger charge is -2.31. The molecule has 0 rings (SSSR count). The first-order valence-electron chi connectivity index (χ1n) is 5.57. The third kappa shape index (κ3) is 6.05. The van der Waals surface area contributed by atoms with Crippen LogP contribution in [0.5, 0.6) is 0 Å². The maximum Gasteiger partial charge on any atom is 0.0254 e. The minimum absolute atomic E-state index is 0.0000694. The van der Waals surface area contributed by atoms with Gasteiger partial charge in [0.15, 0.2) is 0 Å². The van der Waals surface area contributed by atoms with Gasteiger partial charge in [-0.25, -0.2) is 0 Å². The van der Waals surface area contributed by atoms with Crippen LogP contribution in [-0.2, 0) is 0 Å². The van der Waals surface area contributed by atoms with E-state index in [-0.39, 0.29) is 5.54 Å². The fourth-order valence-corrected chi connectivity index (χ4v) is 1.83. The Balaban J connectivity index is 3.89. The highest BCUT2D eigenvalue weighted by atomic mass is 15.1. The summed E-state index contributed by atoms with van der Waals surface area (Å²) in [4.78, 5) is 2.44. The molecule has 0 radical (unpaired) electrons. The van der Waals surface area contributed by atoms with Gasteiger partial charge in [-0.1, -0.05) is 27.2 Å². The molecule has 0 spiro atoms.